The van der Waals surface area contributed by atoms with Crippen molar-refractivity contribution in [2.75, 3.05) is 19.1 Å². The second kappa shape index (κ2) is 10.3. The lowest BCUT2D eigenvalue weighted by Gasteiger charge is -2.41. The van der Waals surface area contributed by atoms with Gasteiger partial charge in [0.15, 0.2) is 5.17 Å². The zero-order valence-electron chi connectivity index (χ0n) is 22.6. The number of hydrogen-bond donors (Lipinski definition) is 0. The van der Waals surface area contributed by atoms with E-state index in [4.69, 9.17) is 9.73 Å². The molecule has 5 nitrogen and oxygen atoms in total. The third-order valence-electron chi connectivity index (χ3n) is 8.50. The van der Waals surface area contributed by atoms with E-state index in [2.05, 4.69) is 55.8 Å². The van der Waals surface area contributed by atoms with Gasteiger partial charge in [0.2, 0.25) is 0 Å². The van der Waals surface area contributed by atoms with E-state index in [1.54, 1.807) is 18.9 Å². The van der Waals surface area contributed by atoms with Gasteiger partial charge in [0.1, 0.15) is 5.75 Å². The second-order valence-electron chi connectivity index (χ2n) is 11.4. The summed E-state index contributed by atoms with van der Waals surface area (Å²) in [6.07, 6.45) is 16.3. The number of thioether (sulfide) groups is 1. The van der Waals surface area contributed by atoms with Crippen molar-refractivity contribution in [3.05, 3.63) is 34.2 Å². The molecule has 2 aliphatic carbocycles. The number of benzene rings is 1. The summed E-state index contributed by atoms with van der Waals surface area (Å²) in [5, 5.41) is 0.930. The largest absolute Gasteiger partial charge is 0.496 e. The first kappa shape index (κ1) is 25.4. The number of nitrogens with zero attached hydrogens (tertiary/aromatic N) is 3. The van der Waals surface area contributed by atoms with E-state index in [0.29, 0.717) is 6.04 Å². The Balaban J connectivity index is 1.52. The van der Waals surface area contributed by atoms with Crippen molar-refractivity contribution >= 4 is 40.2 Å². The summed E-state index contributed by atoms with van der Waals surface area (Å²) in [5.41, 5.74) is 4.50. The summed E-state index contributed by atoms with van der Waals surface area (Å²) in [7, 11) is 3.85. The molecule has 1 amide bonds. The molecule has 194 valence electrons. The molecule has 0 aromatic heterocycles. The molecule has 36 heavy (non-hydrogen) atoms. The van der Waals surface area contributed by atoms with Gasteiger partial charge in [0.05, 0.1) is 23.6 Å². The molecule has 1 aromatic carbocycles. The number of methoxy groups -OCH3 is 1. The number of fused-ring (bicyclic) bond motifs is 1. The number of ether oxygens (including phenoxy) is 1. The number of rotatable bonds is 4. The van der Waals surface area contributed by atoms with Crippen LogP contribution >= 0.6 is 11.8 Å². The molecule has 3 fully saturated rings. The maximum atomic E-state index is 13.8. The lowest BCUT2D eigenvalue weighted by molar-refractivity contribution is -0.124. The summed E-state index contributed by atoms with van der Waals surface area (Å²) < 4.78 is 5.85. The Kier molecular flexibility index (Phi) is 7.26. The van der Waals surface area contributed by atoms with Crippen LogP contribution in [0.25, 0.3) is 11.6 Å². The number of amides is 1. The van der Waals surface area contributed by atoms with Crippen molar-refractivity contribution in [2.24, 2.45) is 4.99 Å². The van der Waals surface area contributed by atoms with Gasteiger partial charge in [-0.3, -0.25) is 14.7 Å². The van der Waals surface area contributed by atoms with E-state index in [0.717, 1.165) is 52.8 Å². The Labute approximate surface area is 221 Å². The van der Waals surface area contributed by atoms with Crippen molar-refractivity contribution in [1.82, 2.24) is 4.90 Å². The van der Waals surface area contributed by atoms with E-state index >= 15 is 0 Å². The summed E-state index contributed by atoms with van der Waals surface area (Å²) >= 11 is 1.57. The van der Waals surface area contributed by atoms with E-state index in [1.807, 2.05) is 6.08 Å². The van der Waals surface area contributed by atoms with E-state index in [9.17, 15) is 4.79 Å². The Morgan fingerprint density at radius 2 is 1.72 bits per heavy atom. The van der Waals surface area contributed by atoms with Crippen LogP contribution in [0.1, 0.15) is 96.1 Å². The summed E-state index contributed by atoms with van der Waals surface area (Å²) in [6, 6.07) is 4.94. The van der Waals surface area contributed by atoms with Crippen LogP contribution in [-0.4, -0.2) is 47.8 Å². The SMILES string of the molecule is COc1cc2c(cc1/C=C1/SC(=NC3CCCCC3)N(C3CCCCC3)C1=O)C(C)=CC(C)(C)N2C. The molecule has 5 rings (SSSR count). The first-order chi connectivity index (χ1) is 17.3. The fraction of sp³-hybridized carbons (Fsp3) is 0.600. The van der Waals surface area contributed by atoms with Gasteiger partial charge >= 0.3 is 0 Å². The maximum Gasteiger partial charge on any atom is 0.267 e. The van der Waals surface area contributed by atoms with Gasteiger partial charge in [-0.2, -0.15) is 0 Å². The number of likely N-dealkylation sites (N-methyl/N-ethyl adjacent to an activating group) is 1. The monoisotopic (exact) mass is 507 g/mol. The van der Waals surface area contributed by atoms with Crippen molar-refractivity contribution in [3.8, 4) is 5.75 Å². The van der Waals surface area contributed by atoms with Crippen LogP contribution in [0.5, 0.6) is 5.75 Å². The molecule has 0 atom stereocenters. The number of allylic oxidation sites excluding steroid dienone is 1. The zero-order chi connectivity index (χ0) is 25.4. The van der Waals surface area contributed by atoms with Crippen molar-refractivity contribution in [3.63, 3.8) is 0 Å². The second-order valence-corrected chi connectivity index (χ2v) is 12.4. The third-order valence-corrected chi connectivity index (χ3v) is 9.50. The van der Waals surface area contributed by atoms with Crippen LogP contribution < -0.4 is 9.64 Å². The highest BCUT2D eigenvalue weighted by molar-refractivity contribution is 8.18. The molecule has 2 aliphatic heterocycles. The predicted molar refractivity (Wildman–Crippen MR) is 153 cm³/mol. The number of carbonyl (C=O) groups excluding carboxylic acids is 1. The molecule has 0 N–H and O–H groups in total. The van der Waals surface area contributed by atoms with E-state index in [-0.39, 0.29) is 17.5 Å². The average Bonchev–Trinajstić information content (AvgIpc) is 3.17. The van der Waals surface area contributed by atoms with E-state index in [1.165, 1.54) is 49.7 Å². The first-order valence-corrected chi connectivity index (χ1v) is 14.6. The Hall–Kier alpha value is -2.21. The average molecular weight is 508 g/mol. The van der Waals surface area contributed by atoms with Crippen LogP contribution in [0.4, 0.5) is 5.69 Å². The molecule has 0 spiro atoms. The van der Waals surface area contributed by atoms with Crippen LogP contribution in [-0.2, 0) is 4.79 Å². The standard InChI is InChI=1S/C30H41N3O2S/c1-20-19-30(2,3)32(4)25-18-26(35-5)21(16-24(20)25)17-27-28(34)33(23-14-10-7-11-15-23)29(36-27)31-22-12-8-6-9-13-22/h16-19,22-23H,6-15H2,1-5H3/b27-17+,31-29?. The van der Waals surface area contributed by atoms with Gasteiger partial charge in [0, 0.05) is 36.0 Å². The predicted octanol–water partition coefficient (Wildman–Crippen LogP) is 7.26. The van der Waals surface area contributed by atoms with E-state index < -0.39 is 0 Å². The molecule has 1 aromatic rings. The van der Waals surface area contributed by atoms with Gasteiger partial charge in [0.25, 0.3) is 5.91 Å². The molecule has 1 saturated heterocycles. The van der Waals surface area contributed by atoms with Crippen LogP contribution in [0, 0.1) is 0 Å². The molecule has 2 heterocycles. The third kappa shape index (κ3) is 4.85. The molecule has 0 unspecified atom stereocenters. The number of anilines is 1. The van der Waals surface area contributed by atoms with Gasteiger partial charge in [-0.05, 0) is 75.9 Å². The molecule has 6 heteroatoms. The van der Waals surface area contributed by atoms with Crippen LogP contribution in [0.3, 0.4) is 0 Å². The summed E-state index contributed by atoms with van der Waals surface area (Å²) in [6.45, 7) is 6.62. The maximum absolute atomic E-state index is 13.8. The number of carbonyl (C=O) groups is 1. The Morgan fingerprint density at radius 1 is 1.06 bits per heavy atom. The van der Waals surface area contributed by atoms with Crippen molar-refractivity contribution < 1.29 is 9.53 Å². The highest BCUT2D eigenvalue weighted by Crippen LogP contribution is 2.44. The lowest BCUT2D eigenvalue weighted by atomic mass is 9.88. The Bertz CT molecular complexity index is 1110. The van der Waals surface area contributed by atoms with Gasteiger partial charge < -0.3 is 9.64 Å². The molecule has 0 radical (unpaired) electrons. The van der Waals surface area contributed by atoms with Crippen molar-refractivity contribution in [1.29, 1.82) is 0 Å². The number of amidine groups is 1. The number of aliphatic imine (C=N–C) groups is 1. The minimum absolute atomic E-state index is 0.0652. The fourth-order valence-corrected chi connectivity index (χ4v) is 7.33. The van der Waals surface area contributed by atoms with Crippen LogP contribution in [0.15, 0.2) is 28.1 Å². The zero-order valence-corrected chi connectivity index (χ0v) is 23.4. The lowest BCUT2D eigenvalue weighted by Crippen LogP contribution is -2.42. The molecule has 0 bridgehead atoms. The van der Waals surface area contributed by atoms with Crippen LogP contribution in [0.2, 0.25) is 0 Å². The molecular weight excluding hydrogens is 466 g/mol. The summed E-state index contributed by atoms with van der Waals surface area (Å²) in [4.78, 5) is 24.1. The van der Waals surface area contributed by atoms with Gasteiger partial charge in [-0.15, -0.1) is 0 Å². The highest BCUT2D eigenvalue weighted by atomic mass is 32.2. The quantitative estimate of drug-likeness (QED) is 0.402. The fourth-order valence-electron chi connectivity index (χ4n) is 6.23. The number of hydrogen-bond acceptors (Lipinski definition) is 5. The Morgan fingerprint density at radius 3 is 2.39 bits per heavy atom. The van der Waals surface area contributed by atoms with Gasteiger partial charge in [-0.25, -0.2) is 0 Å². The smallest absolute Gasteiger partial charge is 0.267 e. The summed E-state index contributed by atoms with van der Waals surface area (Å²) in [5.74, 6) is 0.917. The normalized spacial score (nSPS) is 25.5. The minimum atomic E-state index is -0.0652. The topological polar surface area (TPSA) is 45.1 Å². The highest BCUT2D eigenvalue weighted by Gasteiger charge is 2.39. The van der Waals surface area contributed by atoms with Crippen molar-refractivity contribution in [2.45, 2.75) is 103 Å². The first-order valence-electron chi connectivity index (χ1n) is 13.7. The molecular formula is C30H41N3O2S. The minimum Gasteiger partial charge on any atom is -0.496 e. The molecule has 4 aliphatic rings. The van der Waals surface area contributed by atoms with Gasteiger partial charge in [-0.1, -0.05) is 44.6 Å². The molecule has 2 saturated carbocycles.